The Morgan fingerprint density at radius 2 is 1.84 bits per heavy atom. The summed E-state index contributed by atoms with van der Waals surface area (Å²) in [6.45, 7) is -0.279. The van der Waals surface area contributed by atoms with Crippen LogP contribution in [0.15, 0.2) is 66.7 Å². The van der Waals surface area contributed by atoms with Gasteiger partial charge >= 0.3 is 0 Å². The summed E-state index contributed by atoms with van der Waals surface area (Å²) in [6, 6.07) is 18.5. The average molecular weight is 549 g/mol. The molecule has 192 valence electrons. The van der Waals surface area contributed by atoms with Gasteiger partial charge in [-0.3, -0.25) is 9.48 Å². The lowest BCUT2D eigenvalue weighted by Crippen LogP contribution is -2.08. The number of hydrogen-bond donors (Lipinski definition) is 0. The number of carbonyl (C=O) groups is 1. The molecule has 0 saturated heterocycles. The molecule has 2 aromatic heterocycles. The van der Waals surface area contributed by atoms with Gasteiger partial charge in [0.15, 0.2) is 5.78 Å². The first-order valence-corrected chi connectivity index (χ1v) is 12.3. The number of hydrogen-bond acceptors (Lipinski definition) is 4. The molecule has 37 heavy (non-hydrogen) atoms. The molecule has 0 spiro atoms. The number of thiophene rings is 1. The minimum absolute atomic E-state index is 0.179. The summed E-state index contributed by atoms with van der Waals surface area (Å²) in [7, 11) is 1.40. The molecular formula is C27H21ClF4N2O2S. The Morgan fingerprint density at radius 1 is 1.08 bits per heavy atom. The normalized spacial score (nSPS) is 11.7. The lowest BCUT2D eigenvalue weighted by molar-refractivity contribution is 0.105. The van der Waals surface area contributed by atoms with Crippen LogP contribution < -0.4 is 4.74 Å². The third-order valence-corrected chi connectivity index (χ3v) is 7.03. The van der Waals surface area contributed by atoms with Crippen LogP contribution in [0.25, 0.3) is 6.08 Å². The van der Waals surface area contributed by atoms with Crippen LogP contribution in [-0.4, -0.2) is 22.7 Å². The molecule has 0 amide bonds. The Balaban J connectivity index is 1.54. The molecule has 0 atom stereocenters. The van der Waals surface area contributed by atoms with Crippen LogP contribution in [0.2, 0.25) is 5.02 Å². The fraction of sp³-hybridized carbons (Fsp3) is 0.185. The Morgan fingerprint density at radius 3 is 2.51 bits per heavy atom. The molecule has 10 heteroatoms. The highest BCUT2D eigenvalue weighted by atomic mass is 35.5. The van der Waals surface area contributed by atoms with Gasteiger partial charge < -0.3 is 4.74 Å². The number of benzene rings is 2. The minimum atomic E-state index is -3.10. The third kappa shape index (κ3) is 6.29. The Hall–Kier alpha value is -3.43. The summed E-state index contributed by atoms with van der Waals surface area (Å²) in [5, 5.41) is 2.85. The van der Waals surface area contributed by atoms with Crippen molar-refractivity contribution in [1.29, 1.82) is 0 Å². The number of methoxy groups -OCH3 is 1. The zero-order chi connectivity index (χ0) is 26.5. The van der Waals surface area contributed by atoms with Crippen LogP contribution in [-0.2, 0) is 13.0 Å². The van der Waals surface area contributed by atoms with Crippen molar-refractivity contribution in [2.24, 2.45) is 0 Å². The van der Waals surface area contributed by atoms with Gasteiger partial charge in [0.1, 0.15) is 17.1 Å². The number of alkyl halides is 4. The van der Waals surface area contributed by atoms with Gasteiger partial charge in [0.2, 0.25) is 0 Å². The number of rotatable bonds is 10. The predicted octanol–water partition coefficient (Wildman–Crippen LogP) is 8.02. The maximum absolute atomic E-state index is 13.6. The molecule has 0 aliphatic carbocycles. The number of nitrogens with zero attached hydrogens (tertiary/aromatic N) is 2. The summed E-state index contributed by atoms with van der Waals surface area (Å²) < 4.78 is 59.5. The monoisotopic (exact) mass is 548 g/mol. The van der Waals surface area contributed by atoms with E-state index >= 15 is 0 Å². The van der Waals surface area contributed by atoms with Gasteiger partial charge in [-0.25, -0.2) is 17.6 Å². The fourth-order valence-electron chi connectivity index (χ4n) is 3.78. The molecule has 0 aliphatic rings. The van der Waals surface area contributed by atoms with Crippen molar-refractivity contribution >= 4 is 34.8 Å². The largest absolute Gasteiger partial charge is 0.496 e. The number of ether oxygens (including phenoxy) is 1. The molecular weight excluding hydrogens is 528 g/mol. The summed E-state index contributed by atoms with van der Waals surface area (Å²) in [6.07, 6.45) is -2.45. The van der Waals surface area contributed by atoms with E-state index < -0.39 is 29.3 Å². The molecule has 0 unspecified atom stereocenters. The first kappa shape index (κ1) is 26.6. The van der Waals surface area contributed by atoms with Crippen molar-refractivity contribution in [3.05, 3.63) is 110 Å². The molecule has 4 nitrogen and oxygen atoms in total. The molecule has 2 aromatic carbocycles. The first-order chi connectivity index (χ1) is 17.8. The number of carbonyl (C=O) groups excluding carboxylic acids is 1. The van der Waals surface area contributed by atoms with Gasteiger partial charge in [-0.1, -0.05) is 54.1 Å². The first-order valence-electron chi connectivity index (χ1n) is 11.1. The molecule has 4 rings (SSSR count). The van der Waals surface area contributed by atoms with E-state index in [9.17, 15) is 22.4 Å². The number of allylic oxidation sites excluding steroid dienone is 1. The van der Waals surface area contributed by atoms with Gasteiger partial charge in [-0.2, -0.15) is 5.10 Å². The van der Waals surface area contributed by atoms with Crippen molar-refractivity contribution in [3.8, 4) is 5.75 Å². The predicted molar refractivity (Wildman–Crippen MR) is 136 cm³/mol. The molecule has 2 heterocycles. The van der Waals surface area contributed by atoms with Crippen LogP contribution in [0.3, 0.4) is 0 Å². The van der Waals surface area contributed by atoms with Crippen LogP contribution in [0.5, 0.6) is 5.75 Å². The second kappa shape index (κ2) is 11.7. The number of ketones is 1. The second-order valence-electron chi connectivity index (χ2n) is 8.04. The Labute approximate surface area is 219 Å². The molecule has 0 bridgehead atoms. The van der Waals surface area contributed by atoms with E-state index in [4.69, 9.17) is 16.3 Å². The number of halogens is 5. The van der Waals surface area contributed by atoms with E-state index in [-0.39, 0.29) is 12.3 Å². The Bertz CT molecular complexity index is 1420. The molecule has 0 fully saturated rings. The highest BCUT2D eigenvalue weighted by Gasteiger charge is 2.28. The van der Waals surface area contributed by atoms with Gasteiger partial charge in [0, 0.05) is 16.9 Å². The van der Waals surface area contributed by atoms with E-state index in [1.165, 1.54) is 24.5 Å². The van der Waals surface area contributed by atoms with Crippen molar-refractivity contribution < 1.29 is 27.1 Å². The molecule has 0 aliphatic heterocycles. The molecule has 0 saturated carbocycles. The van der Waals surface area contributed by atoms with Gasteiger partial charge in [0.05, 0.1) is 23.6 Å². The van der Waals surface area contributed by atoms with E-state index in [2.05, 4.69) is 5.10 Å². The standard InChI is InChI=1S/C27H21ClF4N2O2S/c1-36-21-11-8-17(13-18(21)15-34-25(27(31)32)23(28)24(33-34)26(29)30)7-10-20(35)22-12-9-19(37-22)14-16-5-3-2-4-6-16/h2-13,26-27H,14-15H2,1H3/b10-7+. The maximum Gasteiger partial charge on any atom is 0.283 e. The Kier molecular flexibility index (Phi) is 8.45. The smallest absolute Gasteiger partial charge is 0.283 e. The SMILES string of the molecule is COc1ccc(/C=C/C(=O)c2ccc(Cc3ccccc3)s2)cc1Cn1nc(C(F)F)c(Cl)c1C(F)F. The second-order valence-corrected chi connectivity index (χ2v) is 9.59. The van der Waals surface area contributed by atoms with Crippen LogP contribution in [0, 0.1) is 0 Å². The lowest BCUT2D eigenvalue weighted by Gasteiger charge is -2.12. The van der Waals surface area contributed by atoms with Gasteiger partial charge in [-0.05, 0) is 41.5 Å². The molecule has 0 N–H and O–H groups in total. The fourth-order valence-corrected chi connectivity index (χ4v) is 5.05. The van der Waals surface area contributed by atoms with Crippen molar-refractivity contribution in [1.82, 2.24) is 9.78 Å². The van der Waals surface area contributed by atoms with Gasteiger partial charge in [-0.15, -0.1) is 11.3 Å². The van der Waals surface area contributed by atoms with Crippen molar-refractivity contribution in [2.45, 2.75) is 25.8 Å². The number of aromatic nitrogens is 2. The summed E-state index contributed by atoms with van der Waals surface area (Å²) in [5.74, 6) is 0.167. The van der Waals surface area contributed by atoms with Gasteiger partial charge in [0.25, 0.3) is 12.9 Å². The highest BCUT2D eigenvalue weighted by molar-refractivity contribution is 7.14. The summed E-state index contributed by atoms with van der Waals surface area (Å²) in [4.78, 5) is 14.4. The van der Waals surface area contributed by atoms with Crippen molar-refractivity contribution in [3.63, 3.8) is 0 Å². The minimum Gasteiger partial charge on any atom is -0.496 e. The summed E-state index contributed by atoms with van der Waals surface area (Å²) in [5.41, 5.74) is 0.453. The van der Waals surface area contributed by atoms with Crippen LogP contribution >= 0.6 is 22.9 Å². The average Bonchev–Trinajstić information content (AvgIpc) is 3.47. The quantitative estimate of drug-likeness (QED) is 0.114. The van der Waals surface area contributed by atoms with Crippen LogP contribution in [0.4, 0.5) is 17.6 Å². The summed E-state index contributed by atoms with van der Waals surface area (Å²) >= 11 is 7.17. The maximum atomic E-state index is 13.6. The van der Waals surface area contributed by atoms with Crippen molar-refractivity contribution in [2.75, 3.05) is 7.11 Å². The van der Waals surface area contributed by atoms with E-state index in [1.54, 1.807) is 30.3 Å². The molecule has 4 aromatic rings. The van der Waals surface area contributed by atoms with E-state index in [0.717, 1.165) is 21.5 Å². The zero-order valence-corrected chi connectivity index (χ0v) is 21.1. The zero-order valence-electron chi connectivity index (χ0n) is 19.5. The van der Waals surface area contributed by atoms with E-state index in [1.807, 2.05) is 36.4 Å². The molecule has 0 radical (unpaired) electrons. The van der Waals surface area contributed by atoms with E-state index in [0.29, 0.717) is 21.8 Å². The lowest BCUT2D eigenvalue weighted by atomic mass is 10.1. The topological polar surface area (TPSA) is 44.1 Å². The van der Waals surface area contributed by atoms with Crippen LogP contribution in [0.1, 0.15) is 55.5 Å². The third-order valence-electron chi connectivity index (χ3n) is 5.55. The highest BCUT2D eigenvalue weighted by Crippen LogP contribution is 2.35.